The molecule has 34 heavy (non-hydrogen) atoms. The predicted octanol–water partition coefficient (Wildman–Crippen LogP) is 2.46. The molecule has 4 rings (SSSR count). The number of Topliss-reactive ketones (excluding diaryl/α,β-unsaturated/α-hetero) is 1. The van der Waals surface area contributed by atoms with E-state index in [0.29, 0.717) is 30.8 Å². The number of carbonyl (C=O) groups is 4. The van der Waals surface area contributed by atoms with Gasteiger partial charge in [-0.15, -0.1) is 11.3 Å². The highest BCUT2D eigenvalue weighted by Gasteiger charge is 2.34. The van der Waals surface area contributed by atoms with Gasteiger partial charge in [0.1, 0.15) is 12.6 Å². The highest BCUT2D eigenvalue weighted by Crippen LogP contribution is 2.36. The molecule has 12 heteroatoms. The lowest BCUT2D eigenvalue weighted by atomic mass is 9.95. The Bertz CT molecular complexity index is 1130. The van der Waals surface area contributed by atoms with Crippen molar-refractivity contribution in [2.24, 2.45) is 5.92 Å². The number of piperidine rings is 1. The Kier molecular flexibility index (Phi) is 6.87. The van der Waals surface area contributed by atoms with Gasteiger partial charge in [-0.05, 0) is 24.3 Å². The van der Waals surface area contributed by atoms with E-state index >= 15 is 0 Å². The first kappa shape index (κ1) is 23.7. The van der Waals surface area contributed by atoms with Gasteiger partial charge in [-0.2, -0.15) is 4.39 Å². The van der Waals surface area contributed by atoms with E-state index in [0.717, 1.165) is 0 Å². The molecule has 2 aromatic rings. The summed E-state index contributed by atoms with van der Waals surface area (Å²) in [7, 11) is 0. The second kappa shape index (κ2) is 9.84. The number of rotatable bonds is 3. The van der Waals surface area contributed by atoms with Crippen LogP contribution in [0.4, 0.5) is 13.2 Å². The maximum atomic E-state index is 14.0. The van der Waals surface area contributed by atoms with Crippen LogP contribution in [0, 0.1) is 23.4 Å². The van der Waals surface area contributed by atoms with Gasteiger partial charge in [0.15, 0.2) is 17.4 Å². The van der Waals surface area contributed by atoms with Crippen LogP contribution in [0.15, 0.2) is 23.6 Å². The van der Waals surface area contributed by atoms with Crippen molar-refractivity contribution in [3.05, 3.63) is 45.9 Å². The fourth-order valence-corrected chi connectivity index (χ4v) is 4.47. The van der Waals surface area contributed by atoms with Crippen molar-refractivity contribution in [1.82, 2.24) is 10.2 Å². The van der Waals surface area contributed by atoms with Gasteiger partial charge in [0, 0.05) is 25.1 Å². The molecule has 1 fully saturated rings. The Labute approximate surface area is 195 Å². The molecule has 1 N–H and O–H groups in total. The summed E-state index contributed by atoms with van der Waals surface area (Å²) in [6, 6.07) is 2.33. The van der Waals surface area contributed by atoms with Crippen molar-refractivity contribution in [3.8, 4) is 11.5 Å². The second-order valence-electron chi connectivity index (χ2n) is 7.85. The fourth-order valence-electron chi connectivity index (χ4n) is 3.78. The summed E-state index contributed by atoms with van der Waals surface area (Å²) in [5.41, 5.74) is 0. The first-order chi connectivity index (χ1) is 16.2. The zero-order chi connectivity index (χ0) is 24.4. The minimum atomic E-state index is -1.61. The number of benzene rings is 1. The fraction of sp³-hybridized carbons (Fsp3) is 0.364. The Hall–Kier alpha value is -3.41. The van der Waals surface area contributed by atoms with Crippen molar-refractivity contribution < 1.29 is 41.8 Å². The van der Waals surface area contributed by atoms with Crippen molar-refractivity contribution in [2.75, 3.05) is 19.7 Å². The van der Waals surface area contributed by atoms with Crippen molar-refractivity contribution in [2.45, 2.75) is 25.3 Å². The van der Waals surface area contributed by atoms with Crippen LogP contribution >= 0.6 is 11.3 Å². The predicted molar refractivity (Wildman–Crippen MR) is 112 cm³/mol. The molecule has 1 aromatic carbocycles. The number of nitrogens with one attached hydrogen (secondary N) is 1. The van der Waals surface area contributed by atoms with Crippen LogP contribution in [0.5, 0.6) is 11.5 Å². The minimum absolute atomic E-state index is 0.115. The van der Waals surface area contributed by atoms with E-state index in [-0.39, 0.29) is 12.0 Å². The number of hydrogen-bond donors (Lipinski definition) is 1. The topological polar surface area (TPSA) is 102 Å². The zero-order valence-corrected chi connectivity index (χ0v) is 18.5. The van der Waals surface area contributed by atoms with Gasteiger partial charge in [0.25, 0.3) is 5.91 Å². The van der Waals surface area contributed by atoms with Gasteiger partial charge in [0.2, 0.25) is 23.2 Å². The third kappa shape index (κ3) is 4.91. The number of likely N-dealkylation sites (tertiary alicyclic amines) is 1. The Morgan fingerprint density at radius 2 is 1.82 bits per heavy atom. The molecule has 2 aliphatic rings. The highest BCUT2D eigenvalue weighted by molar-refractivity contribution is 7.12. The molecule has 2 amide bonds. The van der Waals surface area contributed by atoms with Crippen LogP contribution in [0.1, 0.15) is 28.9 Å². The molecule has 0 radical (unpaired) electrons. The Morgan fingerprint density at radius 1 is 1.09 bits per heavy atom. The number of amides is 2. The van der Waals surface area contributed by atoms with Gasteiger partial charge in [0.05, 0.1) is 11.3 Å². The first-order valence-corrected chi connectivity index (χ1v) is 11.3. The maximum absolute atomic E-state index is 14.0. The van der Waals surface area contributed by atoms with Crippen molar-refractivity contribution in [1.29, 1.82) is 0 Å². The summed E-state index contributed by atoms with van der Waals surface area (Å²) in [4.78, 5) is 52.2. The average molecular weight is 496 g/mol. The number of hydrogen-bond acceptors (Lipinski definition) is 7. The Morgan fingerprint density at radius 3 is 2.50 bits per heavy atom. The number of ketones is 1. The van der Waals surface area contributed by atoms with E-state index in [2.05, 4.69) is 5.32 Å². The normalized spacial score (nSPS) is 19.3. The van der Waals surface area contributed by atoms with Crippen LogP contribution in [-0.4, -0.2) is 54.2 Å². The van der Waals surface area contributed by atoms with E-state index in [9.17, 15) is 32.3 Å². The van der Waals surface area contributed by atoms with Crippen molar-refractivity contribution >= 4 is 34.9 Å². The van der Waals surface area contributed by atoms with E-state index in [4.69, 9.17) is 9.47 Å². The van der Waals surface area contributed by atoms with Crippen LogP contribution in [-0.2, 0) is 14.4 Å². The summed E-state index contributed by atoms with van der Waals surface area (Å²) >= 11 is 1.33. The molecule has 1 saturated heterocycles. The van der Waals surface area contributed by atoms with E-state index in [1.54, 1.807) is 22.4 Å². The molecule has 1 aromatic heterocycles. The van der Waals surface area contributed by atoms with Crippen LogP contribution < -0.4 is 14.8 Å². The quantitative estimate of drug-likeness (QED) is 0.398. The molecule has 180 valence electrons. The van der Waals surface area contributed by atoms with Crippen LogP contribution in [0.25, 0.3) is 0 Å². The molecule has 0 bridgehead atoms. The SMILES string of the molecule is O=C1CC(NC(=O)C2CCN(C(=O)c3cccs3)CC2)C(=O)COc2c(F)c(F)cc(F)c2O1. The Balaban J connectivity index is 1.39. The summed E-state index contributed by atoms with van der Waals surface area (Å²) in [6.07, 6.45) is 0.0550. The van der Waals surface area contributed by atoms with Crippen molar-refractivity contribution in [3.63, 3.8) is 0 Å². The third-order valence-electron chi connectivity index (χ3n) is 5.62. The summed E-state index contributed by atoms with van der Waals surface area (Å²) in [6.45, 7) is -0.155. The average Bonchev–Trinajstić information content (AvgIpc) is 3.37. The largest absolute Gasteiger partial charge is 0.479 e. The number of ether oxygens (including phenoxy) is 2. The lowest BCUT2D eigenvalue weighted by Gasteiger charge is -2.31. The molecular formula is C22H19F3N2O6S. The summed E-state index contributed by atoms with van der Waals surface area (Å²) in [5.74, 6) is -9.62. The monoisotopic (exact) mass is 496 g/mol. The number of esters is 1. The molecule has 1 unspecified atom stereocenters. The number of fused-ring (bicyclic) bond motifs is 1. The lowest BCUT2D eigenvalue weighted by molar-refractivity contribution is -0.138. The maximum Gasteiger partial charge on any atom is 0.313 e. The first-order valence-electron chi connectivity index (χ1n) is 10.4. The number of halogens is 3. The standard InChI is InChI=1S/C22H19F3N2O6S/c23-12-8-13(24)19-20(18(12)25)32-10-15(28)14(9-17(29)33-19)26-21(30)11-3-5-27(6-4-11)22(31)16-2-1-7-34-16/h1-2,7-8,11,14H,3-6,9-10H2,(H,26,30). The third-order valence-corrected chi connectivity index (χ3v) is 6.48. The van der Waals surface area contributed by atoms with E-state index in [1.807, 2.05) is 0 Å². The molecule has 8 nitrogen and oxygen atoms in total. The number of carbonyl (C=O) groups excluding carboxylic acids is 4. The van der Waals surface area contributed by atoms with E-state index in [1.165, 1.54) is 11.3 Å². The zero-order valence-electron chi connectivity index (χ0n) is 17.6. The minimum Gasteiger partial charge on any atom is -0.479 e. The molecule has 2 aliphatic heterocycles. The number of thiophene rings is 1. The molecular weight excluding hydrogens is 477 g/mol. The van der Waals surface area contributed by atoms with Gasteiger partial charge < -0.3 is 19.7 Å². The van der Waals surface area contributed by atoms with E-state index < -0.39 is 71.6 Å². The second-order valence-corrected chi connectivity index (χ2v) is 8.80. The summed E-state index contributed by atoms with van der Waals surface area (Å²) < 4.78 is 51.2. The molecule has 0 spiro atoms. The highest BCUT2D eigenvalue weighted by atomic mass is 32.1. The van der Waals surface area contributed by atoms with Gasteiger partial charge >= 0.3 is 5.97 Å². The van der Waals surface area contributed by atoms with Crippen LogP contribution in [0.2, 0.25) is 0 Å². The number of nitrogens with zero attached hydrogens (tertiary/aromatic N) is 1. The van der Waals surface area contributed by atoms with Gasteiger partial charge in [-0.3, -0.25) is 19.2 Å². The lowest BCUT2D eigenvalue weighted by Crippen LogP contribution is -2.49. The van der Waals surface area contributed by atoms with Gasteiger partial charge in [-0.1, -0.05) is 6.07 Å². The van der Waals surface area contributed by atoms with Crippen LogP contribution in [0.3, 0.4) is 0 Å². The van der Waals surface area contributed by atoms with Gasteiger partial charge in [-0.25, -0.2) is 8.78 Å². The molecule has 1 atom stereocenters. The smallest absolute Gasteiger partial charge is 0.313 e. The molecule has 0 saturated carbocycles. The molecule has 0 aliphatic carbocycles. The molecule has 3 heterocycles. The summed E-state index contributed by atoms with van der Waals surface area (Å²) in [5, 5.41) is 4.27.